The average molecular weight is 305 g/mol. The van der Waals surface area contributed by atoms with Crippen LogP contribution in [0.25, 0.3) is 0 Å². The van der Waals surface area contributed by atoms with Crippen LogP contribution in [-0.2, 0) is 0 Å². The summed E-state index contributed by atoms with van der Waals surface area (Å²) >= 11 is 1.49. The third-order valence-electron chi connectivity index (χ3n) is 2.73. The van der Waals surface area contributed by atoms with Gasteiger partial charge in [0.1, 0.15) is 12.4 Å². The number of aryl methyl sites for hydroxylation is 1. The fourth-order valence-electron chi connectivity index (χ4n) is 1.61. The Morgan fingerprint density at radius 2 is 2.10 bits per heavy atom. The highest BCUT2D eigenvalue weighted by molar-refractivity contribution is 7.08. The van der Waals surface area contributed by atoms with Gasteiger partial charge in [0.15, 0.2) is 5.84 Å². The summed E-state index contributed by atoms with van der Waals surface area (Å²) in [7, 11) is 0. The number of amidine groups is 1. The molecule has 0 bridgehead atoms. The minimum absolute atomic E-state index is 0.00367. The molecule has 0 radical (unpaired) electrons. The number of nitrogens with two attached hydrogens (primary N) is 1. The maximum absolute atomic E-state index is 12.0. The molecule has 0 aliphatic heterocycles. The van der Waals surface area contributed by atoms with Crippen LogP contribution in [-0.4, -0.2) is 23.6 Å². The summed E-state index contributed by atoms with van der Waals surface area (Å²) in [6.45, 7) is 1.89. The topological polar surface area (TPSA) is 96.9 Å². The number of oxime groups is 1. The zero-order chi connectivity index (χ0) is 15.2. The summed E-state index contributed by atoms with van der Waals surface area (Å²) in [5.41, 5.74) is 7.60. The maximum atomic E-state index is 12.0. The van der Waals surface area contributed by atoms with E-state index in [9.17, 15) is 4.79 Å². The molecule has 1 heterocycles. The molecule has 1 aromatic carbocycles. The van der Waals surface area contributed by atoms with Crippen molar-refractivity contribution in [3.05, 3.63) is 46.2 Å². The lowest BCUT2D eigenvalue weighted by Gasteiger charge is -2.07. The zero-order valence-corrected chi connectivity index (χ0v) is 12.2. The molecule has 1 amide bonds. The molecule has 110 valence electrons. The SMILES string of the molecule is Cc1cscc1C(=O)Nc1ccc(OCC(N)=NO)cc1. The second-order valence-electron chi connectivity index (χ2n) is 4.33. The molecule has 0 fully saturated rings. The molecule has 0 saturated carbocycles. The minimum Gasteiger partial charge on any atom is -0.486 e. The summed E-state index contributed by atoms with van der Waals surface area (Å²) in [6, 6.07) is 6.84. The van der Waals surface area contributed by atoms with Gasteiger partial charge in [-0.2, -0.15) is 11.3 Å². The van der Waals surface area contributed by atoms with Gasteiger partial charge in [-0.25, -0.2) is 0 Å². The second kappa shape index (κ2) is 6.76. The number of rotatable bonds is 5. The van der Waals surface area contributed by atoms with Crippen LogP contribution < -0.4 is 15.8 Å². The Morgan fingerprint density at radius 1 is 1.38 bits per heavy atom. The lowest BCUT2D eigenvalue weighted by atomic mass is 10.2. The van der Waals surface area contributed by atoms with Crippen molar-refractivity contribution in [2.45, 2.75) is 6.92 Å². The summed E-state index contributed by atoms with van der Waals surface area (Å²) in [5.74, 6) is 0.408. The van der Waals surface area contributed by atoms with E-state index in [1.165, 1.54) is 11.3 Å². The van der Waals surface area contributed by atoms with Crippen LogP contribution in [0, 0.1) is 6.92 Å². The monoisotopic (exact) mass is 305 g/mol. The van der Waals surface area contributed by atoms with Gasteiger partial charge < -0.3 is 21.0 Å². The highest BCUT2D eigenvalue weighted by atomic mass is 32.1. The molecule has 21 heavy (non-hydrogen) atoms. The van der Waals surface area contributed by atoms with Crippen molar-refractivity contribution in [1.29, 1.82) is 0 Å². The first-order valence-electron chi connectivity index (χ1n) is 6.13. The highest BCUT2D eigenvalue weighted by Crippen LogP contribution is 2.18. The molecular formula is C14H15N3O3S. The molecular weight excluding hydrogens is 290 g/mol. The fraction of sp³-hybridized carbons (Fsp3) is 0.143. The van der Waals surface area contributed by atoms with E-state index in [4.69, 9.17) is 15.7 Å². The summed E-state index contributed by atoms with van der Waals surface area (Å²) in [6.07, 6.45) is 0. The molecule has 2 rings (SSSR count). The number of carbonyl (C=O) groups excluding carboxylic acids is 1. The lowest BCUT2D eigenvalue weighted by Crippen LogP contribution is -2.20. The molecule has 0 unspecified atom stereocenters. The highest BCUT2D eigenvalue weighted by Gasteiger charge is 2.09. The predicted octanol–water partition coefficient (Wildman–Crippen LogP) is 2.43. The third kappa shape index (κ3) is 3.96. The maximum Gasteiger partial charge on any atom is 0.256 e. The van der Waals surface area contributed by atoms with E-state index in [1.807, 2.05) is 17.7 Å². The number of ether oxygens (including phenoxy) is 1. The van der Waals surface area contributed by atoms with Gasteiger partial charge in [-0.1, -0.05) is 5.16 Å². The fourth-order valence-corrected chi connectivity index (χ4v) is 2.44. The van der Waals surface area contributed by atoms with Crippen LogP contribution in [0.3, 0.4) is 0 Å². The summed E-state index contributed by atoms with van der Waals surface area (Å²) in [4.78, 5) is 12.0. The van der Waals surface area contributed by atoms with Crippen LogP contribution in [0.2, 0.25) is 0 Å². The molecule has 2 aromatic rings. The zero-order valence-electron chi connectivity index (χ0n) is 11.4. The summed E-state index contributed by atoms with van der Waals surface area (Å²) < 4.78 is 5.28. The molecule has 0 saturated heterocycles. The van der Waals surface area contributed by atoms with Crippen molar-refractivity contribution in [2.24, 2.45) is 10.9 Å². The van der Waals surface area contributed by atoms with Gasteiger partial charge in [-0.05, 0) is 42.1 Å². The van der Waals surface area contributed by atoms with E-state index in [-0.39, 0.29) is 18.3 Å². The molecule has 4 N–H and O–H groups in total. The van der Waals surface area contributed by atoms with E-state index >= 15 is 0 Å². The standard InChI is InChI=1S/C14H15N3O3S/c1-9-7-21-8-12(9)14(18)16-10-2-4-11(5-3-10)20-6-13(15)17-19/h2-5,7-8,19H,6H2,1H3,(H2,15,17)(H,16,18). The van der Waals surface area contributed by atoms with Gasteiger partial charge in [0, 0.05) is 11.1 Å². The van der Waals surface area contributed by atoms with Gasteiger partial charge in [-0.3, -0.25) is 4.79 Å². The first-order chi connectivity index (χ1) is 10.1. The number of benzene rings is 1. The normalized spacial score (nSPS) is 11.2. The van der Waals surface area contributed by atoms with Crippen LogP contribution in [0.4, 0.5) is 5.69 Å². The van der Waals surface area contributed by atoms with E-state index < -0.39 is 0 Å². The molecule has 0 aliphatic carbocycles. The van der Waals surface area contributed by atoms with Gasteiger partial charge in [-0.15, -0.1) is 0 Å². The van der Waals surface area contributed by atoms with Gasteiger partial charge in [0.2, 0.25) is 0 Å². The number of hydrogen-bond donors (Lipinski definition) is 3. The minimum atomic E-state index is -0.140. The Bertz CT molecular complexity index is 650. The second-order valence-corrected chi connectivity index (χ2v) is 5.07. The number of carbonyl (C=O) groups is 1. The molecule has 7 heteroatoms. The van der Waals surface area contributed by atoms with E-state index in [0.717, 1.165) is 5.56 Å². The van der Waals surface area contributed by atoms with Gasteiger partial charge in [0.05, 0.1) is 5.56 Å². The van der Waals surface area contributed by atoms with Crippen molar-refractivity contribution in [3.8, 4) is 5.75 Å². The predicted molar refractivity (Wildman–Crippen MR) is 82.4 cm³/mol. The third-order valence-corrected chi connectivity index (χ3v) is 3.59. The molecule has 1 aromatic heterocycles. The van der Waals surface area contributed by atoms with Crippen LogP contribution in [0.1, 0.15) is 15.9 Å². The number of amides is 1. The Balaban J connectivity index is 1.96. The van der Waals surface area contributed by atoms with E-state index in [2.05, 4.69) is 10.5 Å². The molecule has 0 spiro atoms. The Hall–Kier alpha value is -2.54. The van der Waals surface area contributed by atoms with Crippen molar-refractivity contribution in [2.75, 3.05) is 11.9 Å². The van der Waals surface area contributed by atoms with Crippen LogP contribution in [0.15, 0.2) is 40.2 Å². The van der Waals surface area contributed by atoms with Gasteiger partial charge >= 0.3 is 0 Å². The number of anilines is 1. The van der Waals surface area contributed by atoms with Gasteiger partial charge in [0.25, 0.3) is 5.91 Å². The van der Waals surface area contributed by atoms with Crippen LogP contribution in [0.5, 0.6) is 5.75 Å². The number of nitrogens with zero attached hydrogens (tertiary/aromatic N) is 1. The Labute approximate surface area is 125 Å². The van der Waals surface area contributed by atoms with E-state index in [1.54, 1.807) is 24.3 Å². The van der Waals surface area contributed by atoms with E-state index in [0.29, 0.717) is 17.0 Å². The number of thiophene rings is 1. The number of nitrogens with one attached hydrogen (secondary N) is 1. The Kier molecular flexibility index (Phi) is 4.78. The summed E-state index contributed by atoms with van der Waals surface area (Å²) in [5, 5.41) is 17.8. The first-order valence-corrected chi connectivity index (χ1v) is 7.08. The lowest BCUT2D eigenvalue weighted by molar-refractivity contribution is 0.102. The number of hydrogen-bond acceptors (Lipinski definition) is 5. The molecule has 0 atom stereocenters. The Morgan fingerprint density at radius 3 is 2.67 bits per heavy atom. The van der Waals surface area contributed by atoms with Crippen molar-refractivity contribution < 1.29 is 14.7 Å². The van der Waals surface area contributed by atoms with Crippen molar-refractivity contribution in [3.63, 3.8) is 0 Å². The molecule has 6 nitrogen and oxygen atoms in total. The van der Waals surface area contributed by atoms with Crippen molar-refractivity contribution >= 4 is 28.8 Å². The average Bonchev–Trinajstić information content (AvgIpc) is 2.92. The largest absolute Gasteiger partial charge is 0.486 e. The molecule has 0 aliphatic rings. The smallest absolute Gasteiger partial charge is 0.256 e. The van der Waals surface area contributed by atoms with Crippen molar-refractivity contribution in [1.82, 2.24) is 0 Å². The van der Waals surface area contributed by atoms with Crippen LogP contribution >= 0.6 is 11.3 Å². The quantitative estimate of drug-likeness (QED) is 0.342. The first kappa shape index (κ1) is 14.9.